The summed E-state index contributed by atoms with van der Waals surface area (Å²) in [5, 5.41) is 4.81. The number of benzene rings is 1. The Labute approximate surface area is 121 Å². The van der Waals surface area contributed by atoms with E-state index in [2.05, 4.69) is 10.6 Å². The smallest absolute Gasteiger partial charge is 0.313 e. The van der Waals surface area contributed by atoms with E-state index in [1.807, 2.05) is 0 Å². The van der Waals surface area contributed by atoms with Crippen LogP contribution in [0.15, 0.2) is 34.7 Å². The molecule has 1 aromatic heterocycles. The SMILES string of the molecule is Cc1cc(CNC(=O)C(=O)Nc2cccc(F)c2)c(C)o1. The Morgan fingerprint density at radius 3 is 2.57 bits per heavy atom. The van der Waals surface area contributed by atoms with Crippen molar-refractivity contribution in [1.29, 1.82) is 0 Å². The molecule has 21 heavy (non-hydrogen) atoms. The summed E-state index contributed by atoms with van der Waals surface area (Å²) >= 11 is 0. The molecule has 1 heterocycles. The lowest BCUT2D eigenvalue weighted by molar-refractivity contribution is -0.136. The van der Waals surface area contributed by atoms with E-state index in [1.54, 1.807) is 19.9 Å². The second-order valence-corrected chi connectivity index (χ2v) is 4.59. The first-order valence-corrected chi connectivity index (χ1v) is 6.36. The van der Waals surface area contributed by atoms with Gasteiger partial charge in [-0.05, 0) is 38.1 Å². The predicted octanol–water partition coefficient (Wildman–Crippen LogP) is 2.29. The average molecular weight is 290 g/mol. The third kappa shape index (κ3) is 3.92. The lowest BCUT2D eigenvalue weighted by Gasteiger charge is -2.06. The number of furan rings is 1. The third-order valence-electron chi connectivity index (χ3n) is 2.87. The number of nitrogens with one attached hydrogen (secondary N) is 2. The first-order chi connectivity index (χ1) is 9.95. The molecule has 1 aromatic carbocycles. The Kier molecular flexibility index (Phi) is 4.37. The second kappa shape index (κ2) is 6.21. The third-order valence-corrected chi connectivity index (χ3v) is 2.87. The molecule has 0 fully saturated rings. The number of hydrogen-bond acceptors (Lipinski definition) is 3. The van der Waals surface area contributed by atoms with Gasteiger partial charge in [-0.15, -0.1) is 0 Å². The van der Waals surface area contributed by atoms with Crippen molar-refractivity contribution in [2.75, 3.05) is 5.32 Å². The summed E-state index contributed by atoms with van der Waals surface area (Å²) in [7, 11) is 0. The largest absolute Gasteiger partial charge is 0.466 e. The van der Waals surface area contributed by atoms with Crippen LogP contribution in [0.25, 0.3) is 0 Å². The number of rotatable bonds is 3. The molecule has 110 valence electrons. The number of amides is 2. The summed E-state index contributed by atoms with van der Waals surface area (Å²) in [6.07, 6.45) is 0. The van der Waals surface area contributed by atoms with Crippen LogP contribution < -0.4 is 10.6 Å². The molecule has 2 rings (SSSR count). The van der Waals surface area contributed by atoms with Crippen LogP contribution in [0.1, 0.15) is 17.1 Å². The molecule has 2 amide bonds. The Morgan fingerprint density at radius 1 is 1.19 bits per heavy atom. The maximum atomic E-state index is 13.0. The van der Waals surface area contributed by atoms with Crippen molar-refractivity contribution in [3.05, 3.63) is 53.2 Å². The zero-order valence-corrected chi connectivity index (χ0v) is 11.7. The quantitative estimate of drug-likeness (QED) is 0.852. The van der Waals surface area contributed by atoms with Gasteiger partial charge in [-0.3, -0.25) is 9.59 Å². The predicted molar refractivity (Wildman–Crippen MR) is 75.1 cm³/mol. The Balaban J connectivity index is 1.91. The molecule has 6 heteroatoms. The molecule has 2 N–H and O–H groups in total. The van der Waals surface area contributed by atoms with E-state index in [1.165, 1.54) is 18.2 Å². The molecule has 5 nitrogen and oxygen atoms in total. The van der Waals surface area contributed by atoms with Gasteiger partial charge in [0.2, 0.25) is 0 Å². The maximum absolute atomic E-state index is 13.0. The van der Waals surface area contributed by atoms with E-state index >= 15 is 0 Å². The molecule has 0 spiro atoms. The molecule has 0 saturated heterocycles. The van der Waals surface area contributed by atoms with Crippen LogP contribution in [-0.2, 0) is 16.1 Å². The minimum absolute atomic E-state index is 0.193. The molecule has 0 aliphatic carbocycles. The van der Waals surface area contributed by atoms with Crippen LogP contribution in [0.2, 0.25) is 0 Å². The molecule has 0 bridgehead atoms. The Bertz CT molecular complexity index is 679. The van der Waals surface area contributed by atoms with Gasteiger partial charge in [0.1, 0.15) is 17.3 Å². The number of halogens is 1. The van der Waals surface area contributed by atoms with Gasteiger partial charge < -0.3 is 15.1 Å². The molecular weight excluding hydrogens is 275 g/mol. The fraction of sp³-hybridized carbons (Fsp3) is 0.200. The number of carbonyl (C=O) groups excluding carboxylic acids is 2. The van der Waals surface area contributed by atoms with E-state index in [9.17, 15) is 14.0 Å². The topological polar surface area (TPSA) is 71.3 Å². The van der Waals surface area contributed by atoms with Gasteiger partial charge in [0.25, 0.3) is 0 Å². The van der Waals surface area contributed by atoms with Gasteiger partial charge in [-0.1, -0.05) is 6.07 Å². The highest BCUT2D eigenvalue weighted by atomic mass is 19.1. The van der Waals surface area contributed by atoms with Crippen LogP contribution in [0.3, 0.4) is 0 Å². The highest BCUT2D eigenvalue weighted by molar-refractivity contribution is 6.39. The monoisotopic (exact) mass is 290 g/mol. The van der Waals surface area contributed by atoms with Gasteiger partial charge in [0, 0.05) is 17.8 Å². The number of carbonyl (C=O) groups is 2. The fourth-order valence-corrected chi connectivity index (χ4v) is 1.87. The fourth-order valence-electron chi connectivity index (χ4n) is 1.87. The molecule has 2 aromatic rings. The Hall–Kier alpha value is -2.63. The summed E-state index contributed by atoms with van der Waals surface area (Å²) < 4.78 is 18.3. The van der Waals surface area contributed by atoms with E-state index < -0.39 is 17.6 Å². The lowest BCUT2D eigenvalue weighted by atomic mass is 10.2. The van der Waals surface area contributed by atoms with E-state index in [4.69, 9.17) is 4.42 Å². The van der Waals surface area contributed by atoms with Crippen molar-refractivity contribution in [3.63, 3.8) is 0 Å². The van der Waals surface area contributed by atoms with Gasteiger partial charge in [-0.2, -0.15) is 0 Å². The number of anilines is 1. The molecular formula is C15H15FN2O3. The normalized spacial score (nSPS) is 10.2. The molecule has 0 unspecified atom stereocenters. The number of hydrogen-bond donors (Lipinski definition) is 2. The van der Waals surface area contributed by atoms with Crippen molar-refractivity contribution in [3.8, 4) is 0 Å². The summed E-state index contributed by atoms with van der Waals surface area (Å²) in [5.74, 6) is -0.701. The average Bonchev–Trinajstić information content (AvgIpc) is 2.74. The lowest BCUT2D eigenvalue weighted by Crippen LogP contribution is -2.35. The highest BCUT2D eigenvalue weighted by Gasteiger charge is 2.14. The molecule has 0 aliphatic heterocycles. The summed E-state index contributed by atoms with van der Waals surface area (Å²) in [6.45, 7) is 3.77. The van der Waals surface area contributed by atoms with Crippen LogP contribution in [0.5, 0.6) is 0 Å². The summed E-state index contributed by atoms with van der Waals surface area (Å²) in [4.78, 5) is 23.3. The van der Waals surface area contributed by atoms with E-state index in [-0.39, 0.29) is 12.2 Å². The van der Waals surface area contributed by atoms with Gasteiger partial charge in [-0.25, -0.2) is 4.39 Å². The number of aryl methyl sites for hydroxylation is 2. The zero-order valence-electron chi connectivity index (χ0n) is 11.7. The summed E-state index contributed by atoms with van der Waals surface area (Å²) in [6, 6.07) is 7.12. The van der Waals surface area contributed by atoms with Crippen LogP contribution in [-0.4, -0.2) is 11.8 Å². The van der Waals surface area contributed by atoms with Crippen LogP contribution in [0.4, 0.5) is 10.1 Å². The maximum Gasteiger partial charge on any atom is 0.313 e. The molecule has 0 saturated carbocycles. The van der Waals surface area contributed by atoms with Crippen molar-refractivity contribution in [1.82, 2.24) is 5.32 Å². The minimum Gasteiger partial charge on any atom is -0.466 e. The van der Waals surface area contributed by atoms with Crippen molar-refractivity contribution < 1.29 is 18.4 Å². The first-order valence-electron chi connectivity index (χ1n) is 6.36. The van der Waals surface area contributed by atoms with Crippen molar-refractivity contribution in [2.24, 2.45) is 0 Å². The first kappa shape index (κ1) is 14.8. The highest BCUT2D eigenvalue weighted by Crippen LogP contribution is 2.13. The van der Waals surface area contributed by atoms with Crippen LogP contribution >= 0.6 is 0 Å². The standard InChI is InChI=1S/C15H15FN2O3/c1-9-6-11(10(2)21-9)8-17-14(19)15(20)18-13-5-3-4-12(16)7-13/h3-7H,8H2,1-2H3,(H,17,19)(H,18,20). The Morgan fingerprint density at radius 2 is 1.95 bits per heavy atom. The summed E-state index contributed by atoms with van der Waals surface area (Å²) in [5.41, 5.74) is 1.03. The van der Waals surface area contributed by atoms with E-state index in [0.717, 1.165) is 17.4 Å². The van der Waals surface area contributed by atoms with E-state index in [0.29, 0.717) is 5.76 Å². The van der Waals surface area contributed by atoms with Crippen molar-refractivity contribution in [2.45, 2.75) is 20.4 Å². The molecule has 0 atom stereocenters. The zero-order chi connectivity index (χ0) is 15.4. The van der Waals surface area contributed by atoms with Crippen LogP contribution in [0, 0.1) is 19.7 Å². The molecule has 0 radical (unpaired) electrons. The van der Waals surface area contributed by atoms with Gasteiger partial charge >= 0.3 is 11.8 Å². The minimum atomic E-state index is -0.849. The van der Waals surface area contributed by atoms with Gasteiger partial charge in [0.05, 0.1) is 0 Å². The molecule has 0 aliphatic rings. The van der Waals surface area contributed by atoms with Crippen molar-refractivity contribution >= 4 is 17.5 Å². The second-order valence-electron chi connectivity index (χ2n) is 4.59. The van der Waals surface area contributed by atoms with Gasteiger partial charge in [0.15, 0.2) is 0 Å².